The first-order valence-electron chi connectivity index (χ1n) is 5.56. The first-order valence-corrected chi connectivity index (χ1v) is 5.56. The van der Waals surface area contributed by atoms with Crippen molar-refractivity contribution in [1.29, 1.82) is 0 Å². The first kappa shape index (κ1) is 16.3. The molecule has 4 nitrogen and oxygen atoms in total. The second-order valence-corrected chi connectivity index (χ2v) is 3.64. The van der Waals surface area contributed by atoms with Crippen molar-refractivity contribution in [2.24, 2.45) is 0 Å². The molecule has 0 bridgehead atoms. The van der Waals surface area contributed by atoms with Gasteiger partial charge < -0.3 is 15.5 Å². The minimum atomic E-state index is 0. The summed E-state index contributed by atoms with van der Waals surface area (Å²) < 4.78 is 0. The summed E-state index contributed by atoms with van der Waals surface area (Å²) in [6.45, 7) is 7.20. The van der Waals surface area contributed by atoms with Crippen LogP contribution < -0.4 is 15.5 Å². The van der Waals surface area contributed by atoms with Gasteiger partial charge in [-0.2, -0.15) is 0 Å². The Morgan fingerprint density at radius 1 is 1.35 bits per heavy atom. The van der Waals surface area contributed by atoms with Crippen LogP contribution >= 0.6 is 24.8 Å². The molecule has 17 heavy (non-hydrogen) atoms. The van der Waals surface area contributed by atoms with Gasteiger partial charge in [0.1, 0.15) is 0 Å². The van der Waals surface area contributed by atoms with Crippen LogP contribution in [0, 0.1) is 0 Å². The van der Waals surface area contributed by atoms with Gasteiger partial charge in [0.2, 0.25) is 0 Å². The third-order valence-corrected chi connectivity index (χ3v) is 2.57. The van der Waals surface area contributed by atoms with Crippen molar-refractivity contribution < 1.29 is 0 Å². The second-order valence-electron chi connectivity index (χ2n) is 3.64. The van der Waals surface area contributed by atoms with Gasteiger partial charge in [-0.05, 0) is 19.1 Å². The molecule has 1 aliphatic heterocycles. The fraction of sp³-hybridized carbons (Fsp3) is 0.545. The van der Waals surface area contributed by atoms with E-state index in [-0.39, 0.29) is 24.8 Å². The van der Waals surface area contributed by atoms with E-state index in [1.54, 1.807) is 0 Å². The Kier molecular flexibility index (Phi) is 8.04. The van der Waals surface area contributed by atoms with Crippen LogP contribution in [0.2, 0.25) is 0 Å². The highest BCUT2D eigenvalue weighted by Gasteiger charge is 2.14. The number of pyridine rings is 1. The lowest BCUT2D eigenvalue weighted by molar-refractivity contribution is 0.585. The summed E-state index contributed by atoms with van der Waals surface area (Å²) in [6.07, 6.45) is 1.86. The Morgan fingerprint density at radius 2 is 2.06 bits per heavy atom. The summed E-state index contributed by atoms with van der Waals surface area (Å²) in [4.78, 5) is 6.78. The summed E-state index contributed by atoms with van der Waals surface area (Å²) in [6, 6.07) is 4.07. The Morgan fingerprint density at radius 3 is 2.71 bits per heavy atom. The highest BCUT2D eigenvalue weighted by molar-refractivity contribution is 5.85. The molecule has 0 saturated carbocycles. The summed E-state index contributed by atoms with van der Waals surface area (Å²) in [7, 11) is 0. The summed E-state index contributed by atoms with van der Waals surface area (Å²) in [5, 5.41) is 6.69. The van der Waals surface area contributed by atoms with Crippen molar-refractivity contribution in [2.45, 2.75) is 6.92 Å². The maximum absolute atomic E-state index is 4.46. The molecule has 1 aromatic rings. The minimum Gasteiger partial charge on any atom is -0.382 e. The third-order valence-electron chi connectivity index (χ3n) is 2.57. The fourth-order valence-corrected chi connectivity index (χ4v) is 1.85. The Bertz CT molecular complexity index is 316. The van der Waals surface area contributed by atoms with Crippen LogP contribution in [-0.4, -0.2) is 37.7 Å². The van der Waals surface area contributed by atoms with Crippen molar-refractivity contribution >= 4 is 36.3 Å². The number of aromatic nitrogens is 1. The van der Waals surface area contributed by atoms with E-state index in [9.17, 15) is 0 Å². The van der Waals surface area contributed by atoms with E-state index in [1.807, 2.05) is 12.3 Å². The molecule has 0 amide bonds. The van der Waals surface area contributed by atoms with Gasteiger partial charge in [0.25, 0.3) is 0 Å². The summed E-state index contributed by atoms with van der Waals surface area (Å²) in [5.41, 5.74) is 1.14. The second kappa shape index (κ2) is 8.39. The zero-order valence-corrected chi connectivity index (χ0v) is 11.6. The summed E-state index contributed by atoms with van der Waals surface area (Å²) >= 11 is 0. The number of rotatable bonds is 3. The smallest absolute Gasteiger partial charge is 0.152 e. The maximum atomic E-state index is 4.46. The molecule has 0 aliphatic carbocycles. The molecule has 0 radical (unpaired) electrons. The van der Waals surface area contributed by atoms with Crippen LogP contribution in [0.1, 0.15) is 6.92 Å². The SMILES string of the molecule is CCNc1cccnc1N1CCNCC1.Cl.Cl. The number of hydrogen-bond acceptors (Lipinski definition) is 4. The van der Waals surface area contributed by atoms with Crippen LogP contribution in [0.25, 0.3) is 0 Å². The Balaban J connectivity index is 0.00000128. The third kappa shape index (κ3) is 4.22. The molecule has 1 fully saturated rings. The quantitative estimate of drug-likeness (QED) is 0.884. The number of nitrogens with one attached hydrogen (secondary N) is 2. The van der Waals surface area contributed by atoms with Gasteiger partial charge in [-0.15, -0.1) is 24.8 Å². The normalized spacial score (nSPS) is 14.5. The van der Waals surface area contributed by atoms with Gasteiger partial charge in [0.15, 0.2) is 5.82 Å². The van der Waals surface area contributed by atoms with Gasteiger partial charge in [0, 0.05) is 38.9 Å². The molecule has 1 aliphatic rings. The van der Waals surface area contributed by atoms with Crippen LogP contribution in [0.4, 0.5) is 11.5 Å². The monoisotopic (exact) mass is 278 g/mol. The predicted molar refractivity (Wildman–Crippen MR) is 78.0 cm³/mol. The zero-order chi connectivity index (χ0) is 10.5. The zero-order valence-electron chi connectivity index (χ0n) is 9.98. The molecule has 0 unspecified atom stereocenters. The van der Waals surface area contributed by atoms with Crippen LogP contribution in [0.5, 0.6) is 0 Å². The summed E-state index contributed by atoms with van der Waals surface area (Å²) in [5.74, 6) is 1.08. The topological polar surface area (TPSA) is 40.2 Å². The van der Waals surface area contributed by atoms with Gasteiger partial charge in [-0.25, -0.2) is 4.98 Å². The molecule has 2 N–H and O–H groups in total. The van der Waals surface area contributed by atoms with Crippen LogP contribution in [0.15, 0.2) is 18.3 Å². The number of nitrogens with zero attached hydrogens (tertiary/aromatic N) is 2. The van der Waals surface area contributed by atoms with Crippen molar-refractivity contribution in [3.05, 3.63) is 18.3 Å². The van der Waals surface area contributed by atoms with E-state index in [0.717, 1.165) is 44.2 Å². The van der Waals surface area contributed by atoms with Crippen LogP contribution in [-0.2, 0) is 0 Å². The maximum Gasteiger partial charge on any atom is 0.152 e. The highest BCUT2D eigenvalue weighted by Crippen LogP contribution is 2.22. The molecular weight excluding hydrogens is 259 g/mol. The fourth-order valence-electron chi connectivity index (χ4n) is 1.85. The molecular formula is C11H20Cl2N4. The van der Waals surface area contributed by atoms with Crippen molar-refractivity contribution in [3.63, 3.8) is 0 Å². The lowest BCUT2D eigenvalue weighted by Crippen LogP contribution is -2.44. The molecule has 0 atom stereocenters. The van der Waals surface area contributed by atoms with E-state index in [1.165, 1.54) is 0 Å². The van der Waals surface area contributed by atoms with Gasteiger partial charge in [-0.1, -0.05) is 0 Å². The highest BCUT2D eigenvalue weighted by atomic mass is 35.5. The number of piperazine rings is 1. The molecule has 0 aromatic carbocycles. The molecule has 2 rings (SSSR count). The lowest BCUT2D eigenvalue weighted by atomic mass is 10.3. The van der Waals surface area contributed by atoms with E-state index in [2.05, 4.69) is 33.5 Å². The molecule has 2 heterocycles. The number of halogens is 2. The number of anilines is 2. The van der Waals surface area contributed by atoms with Crippen molar-refractivity contribution in [1.82, 2.24) is 10.3 Å². The van der Waals surface area contributed by atoms with Gasteiger partial charge >= 0.3 is 0 Å². The average Bonchev–Trinajstić information content (AvgIpc) is 2.31. The standard InChI is InChI=1S/C11H18N4.2ClH/c1-2-13-10-4-3-5-14-11(10)15-8-6-12-7-9-15;;/h3-5,12-13H,2,6-9H2,1H3;2*1H. The van der Waals surface area contributed by atoms with E-state index >= 15 is 0 Å². The molecule has 98 valence electrons. The largest absolute Gasteiger partial charge is 0.382 e. The number of hydrogen-bond donors (Lipinski definition) is 2. The van der Waals surface area contributed by atoms with Crippen LogP contribution in [0.3, 0.4) is 0 Å². The molecule has 6 heteroatoms. The van der Waals surface area contributed by atoms with Crippen molar-refractivity contribution in [2.75, 3.05) is 42.9 Å². The first-order chi connectivity index (χ1) is 7.42. The van der Waals surface area contributed by atoms with E-state index < -0.39 is 0 Å². The van der Waals surface area contributed by atoms with Crippen molar-refractivity contribution in [3.8, 4) is 0 Å². The van der Waals surface area contributed by atoms with Gasteiger partial charge in [-0.3, -0.25) is 0 Å². The molecule has 1 aromatic heterocycles. The van der Waals surface area contributed by atoms with E-state index in [4.69, 9.17) is 0 Å². The van der Waals surface area contributed by atoms with E-state index in [0.29, 0.717) is 0 Å². The molecule has 0 spiro atoms. The Hall–Kier alpha value is -0.710. The van der Waals surface area contributed by atoms with Gasteiger partial charge in [0.05, 0.1) is 5.69 Å². The minimum absolute atomic E-state index is 0. The lowest BCUT2D eigenvalue weighted by Gasteiger charge is -2.29. The molecule has 1 saturated heterocycles. The predicted octanol–water partition coefficient (Wildman–Crippen LogP) is 1.77. The average molecular weight is 279 g/mol. The Labute approximate surface area is 115 Å².